The quantitative estimate of drug-likeness (QED) is 0.658. The molecule has 6 nitrogen and oxygen atoms in total. The van der Waals surface area contributed by atoms with Crippen LogP contribution in [0.2, 0.25) is 0 Å². The summed E-state index contributed by atoms with van der Waals surface area (Å²) >= 11 is 0. The molecule has 0 unspecified atom stereocenters. The van der Waals surface area contributed by atoms with Crippen LogP contribution in [0.15, 0.2) is 48.7 Å². The van der Waals surface area contributed by atoms with Gasteiger partial charge >= 0.3 is 0 Å². The van der Waals surface area contributed by atoms with Crippen molar-refractivity contribution in [3.8, 4) is 17.2 Å². The summed E-state index contributed by atoms with van der Waals surface area (Å²) in [5.41, 5.74) is 2.29. The molecule has 1 amide bonds. The molecule has 0 aliphatic heterocycles. The molecule has 7 heteroatoms. The van der Waals surface area contributed by atoms with Crippen molar-refractivity contribution in [2.45, 2.75) is 20.3 Å². The highest BCUT2D eigenvalue weighted by Gasteiger charge is 2.20. The average molecular weight is 383 g/mol. The van der Waals surface area contributed by atoms with E-state index in [-0.39, 0.29) is 11.5 Å². The lowest BCUT2D eigenvalue weighted by Crippen LogP contribution is -2.15. The normalized spacial score (nSPS) is 10.6. The first-order valence-corrected chi connectivity index (χ1v) is 8.96. The highest BCUT2D eigenvalue weighted by Crippen LogP contribution is 2.27. The number of nitrogens with one attached hydrogen (secondary N) is 1. The standard InChI is InChI=1S/C21H22FN3O3/c1-4-11-28-19-13-25(16-8-6-15(22)7-9-16)24-20(19)21(26)23-17-12-14(2)5-10-18(17)27-3/h5-10,12-13H,4,11H2,1-3H3,(H,23,26). The van der Waals surface area contributed by atoms with Crippen molar-refractivity contribution in [1.82, 2.24) is 9.78 Å². The zero-order valence-corrected chi connectivity index (χ0v) is 16.0. The molecule has 1 N–H and O–H groups in total. The van der Waals surface area contributed by atoms with E-state index < -0.39 is 5.91 Å². The van der Waals surface area contributed by atoms with Crippen molar-refractivity contribution in [2.24, 2.45) is 0 Å². The fourth-order valence-electron chi connectivity index (χ4n) is 2.66. The Morgan fingerprint density at radius 2 is 1.93 bits per heavy atom. The number of rotatable bonds is 7. The SMILES string of the molecule is CCCOc1cn(-c2ccc(F)cc2)nc1C(=O)Nc1cc(C)ccc1OC. The van der Waals surface area contributed by atoms with Crippen molar-refractivity contribution in [3.05, 3.63) is 65.7 Å². The Balaban J connectivity index is 1.93. The van der Waals surface area contributed by atoms with Gasteiger partial charge in [-0.1, -0.05) is 13.0 Å². The molecule has 0 atom stereocenters. The monoisotopic (exact) mass is 383 g/mol. The number of benzene rings is 2. The lowest BCUT2D eigenvalue weighted by Gasteiger charge is -2.11. The van der Waals surface area contributed by atoms with E-state index in [1.54, 1.807) is 31.5 Å². The molecule has 0 bridgehead atoms. The number of methoxy groups -OCH3 is 1. The summed E-state index contributed by atoms with van der Waals surface area (Å²) in [6.45, 7) is 4.35. The summed E-state index contributed by atoms with van der Waals surface area (Å²) < 4.78 is 25.7. The molecule has 2 aromatic carbocycles. The minimum Gasteiger partial charge on any atom is -0.495 e. The molecule has 0 saturated heterocycles. The van der Waals surface area contributed by atoms with Gasteiger partial charge in [0, 0.05) is 0 Å². The number of aryl methyl sites for hydroxylation is 1. The van der Waals surface area contributed by atoms with Gasteiger partial charge in [-0.2, -0.15) is 5.10 Å². The summed E-state index contributed by atoms with van der Waals surface area (Å²) in [6, 6.07) is 11.3. The first-order valence-electron chi connectivity index (χ1n) is 8.96. The van der Waals surface area contributed by atoms with Gasteiger partial charge in [0.2, 0.25) is 0 Å². The number of aromatic nitrogens is 2. The molecular formula is C21H22FN3O3. The number of carbonyl (C=O) groups excluding carboxylic acids is 1. The smallest absolute Gasteiger partial charge is 0.280 e. The number of hydrogen-bond acceptors (Lipinski definition) is 4. The Labute approximate surface area is 162 Å². The maximum Gasteiger partial charge on any atom is 0.280 e. The molecule has 0 spiro atoms. The van der Waals surface area contributed by atoms with Gasteiger partial charge in [-0.15, -0.1) is 0 Å². The van der Waals surface area contributed by atoms with E-state index in [9.17, 15) is 9.18 Å². The van der Waals surface area contributed by atoms with E-state index in [2.05, 4.69) is 10.4 Å². The van der Waals surface area contributed by atoms with Gasteiger partial charge < -0.3 is 14.8 Å². The van der Waals surface area contributed by atoms with Crippen molar-refractivity contribution in [1.29, 1.82) is 0 Å². The van der Waals surface area contributed by atoms with Gasteiger partial charge in [-0.3, -0.25) is 4.79 Å². The third-order valence-electron chi connectivity index (χ3n) is 4.05. The van der Waals surface area contributed by atoms with Crippen LogP contribution < -0.4 is 14.8 Å². The molecule has 0 fully saturated rings. The number of nitrogens with zero attached hydrogens (tertiary/aromatic N) is 2. The predicted octanol–water partition coefficient (Wildman–Crippen LogP) is 4.37. The maximum atomic E-state index is 13.2. The topological polar surface area (TPSA) is 65.4 Å². The third-order valence-corrected chi connectivity index (χ3v) is 4.05. The van der Waals surface area contributed by atoms with Crippen LogP contribution in [0, 0.1) is 12.7 Å². The molecule has 1 aromatic heterocycles. The van der Waals surface area contributed by atoms with E-state index in [0.717, 1.165) is 12.0 Å². The van der Waals surface area contributed by atoms with Crippen molar-refractivity contribution in [2.75, 3.05) is 19.0 Å². The minimum atomic E-state index is -0.420. The van der Waals surface area contributed by atoms with Gasteiger partial charge in [0.05, 0.1) is 31.3 Å². The second-order valence-electron chi connectivity index (χ2n) is 6.27. The average Bonchev–Trinajstić information content (AvgIpc) is 3.11. The second-order valence-corrected chi connectivity index (χ2v) is 6.27. The zero-order chi connectivity index (χ0) is 20.1. The molecule has 0 saturated carbocycles. The van der Waals surface area contributed by atoms with Gasteiger partial charge in [-0.05, 0) is 55.3 Å². The van der Waals surface area contributed by atoms with Crippen LogP contribution in [-0.2, 0) is 0 Å². The van der Waals surface area contributed by atoms with Gasteiger partial charge in [0.25, 0.3) is 5.91 Å². The number of halogens is 1. The fourth-order valence-corrected chi connectivity index (χ4v) is 2.66. The molecule has 0 aliphatic carbocycles. The third kappa shape index (κ3) is 4.31. The van der Waals surface area contributed by atoms with Crippen molar-refractivity contribution >= 4 is 11.6 Å². The van der Waals surface area contributed by atoms with Gasteiger partial charge in [0.15, 0.2) is 11.4 Å². The van der Waals surface area contributed by atoms with E-state index >= 15 is 0 Å². The Morgan fingerprint density at radius 1 is 1.18 bits per heavy atom. The minimum absolute atomic E-state index is 0.140. The molecule has 0 radical (unpaired) electrons. The summed E-state index contributed by atoms with van der Waals surface area (Å²) in [5, 5.41) is 7.18. The van der Waals surface area contributed by atoms with Crippen LogP contribution >= 0.6 is 0 Å². The lowest BCUT2D eigenvalue weighted by atomic mass is 10.2. The van der Waals surface area contributed by atoms with Crippen LogP contribution in [0.5, 0.6) is 11.5 Å². The number of anilines is 1. The number of carbonyl (C=O) groups is 1. The number of amides is 1. The second kappa shape index (κ2) is 8.56. The highest BCUT2D eigenvalue weighted by molar-refractivity contribution is 6.05. The van der Waals surface area contributed by atoms with Crippen LogP contribution in [0.25, 0.3) is 5.69 Å². The van der Waals surface area contributed by atoms with E-state index in [1.807, 2.05) is 26.0 Å². The largest absolute Gasteiger partial charge is 0.495 e. The van der Waals surface area contributed by atoms with Crippen LogP contribution in [-0.4, -0.2) is 29.4 Å². The van der Waals surface area contributed by atoms with Gasteiger partial charge in [-0.25, -0.2) is 9.07 Å². The Kier molecular flexibility index (Phi) is 5.93. The Morgan fingerprint density at radius 3 is 2.61 bits per heavy atom. The van der Waals surface area contributed by atoms with Crippen LogP contribution in [0.4, 0.5) is 10.1 Å². The summed E-state index contributed by atoms with van der Waals surface area (Å²) in [5.74, 6) is 0.141. The molecule has 146 valence electrons. The summed E-state index contributed by atoms with van der Waals surface area (Å²) in [4.78, 5) is 12.9. The summed E-state index contributed by atoms with van der Waals surface area (Å²) in [6.07, 6.45) is 2.40. The van der Waals surface area contributed by atoms with Crippen molar-refractivity contribution in [3.63, 3.8) is 0 Å². The highest BCUT2D eigenvalue weighted by atomic mass is 19.1. The van der Waals surface area contributed by atoms with E-state index in [1.165, 1.54) is 16.8 Å². The molecule has 1 heterocycles. The molecule has 3 rings (SSSR count). The zero-order valence-electron chi connectivity index (χ0n) is 16.0. The molecule has 0 aliphatic rings. The van der Waals surface area contributed by atoms with Gasteiger partial charge in [0.1, 0.15) is 11.6 Å². The predicted molar refractivity (Wildman–Crippen MR) is 105 cm³/mol. The Hall–Kier alpha value is -3.35. The fraction of sp³-hybridized carbons (Fsp3) is 0.238. The molecule has 28 heavy (non-hydrogen) atoms. The first-order chi connectivity index (χ1) is 13.5. The number of hydrogen-bond donors (Lipinski definition) is 1. The van der Waals surface area contributed by atoms with Crippen LogP contribution in [0.1, 0.15) is 29.4 Å². The van der Waals surface area contributed by atoms with E-state index in [0.29, 0.717) is 29.5 Å². The summed E-state index contributed by atoms with van der Waals surface area (Å²) in [7, 11) is 1.54. The van der Waals surface area contributed by atoms with Crippen LogP contribution in [0.3, 0.4) is 0 Å². The molecular weight excluding hydrogens is 361 g/mol. The maximum absolute atomic E-state index is 13.2. The Bertz CT molecular complexity index is 968. The molecule has 3 aromatic rings. The lowest BCUT2D eigenvalue weighted by molar-refractivity contribution is 0.101. The first kappa shape index (κ1) is 19.4. The van der Waals surface area contributed by atoms with E-state index in [4.69, 9.17) is 9.47 Å². The number of ether oxygens (including phenoxy) is 2. The van der Waals surface area contributed by atoms with Crippen molar-refractivity contribution < 1.29 is 18.7 Å².